The lowest BCUT2D eigenvalue weighted by Gasteiger charge is -2.16. The molecule has 0 aliphatic rings. The number of hydrogen-bond acceptors (Lipinski definition) is 1. The second-order valence-electron chi connectivity index (χ2n) is 5.37. The summed E-state index contributed by atoms with van der Waals surface area (Å²) in [4.78, 5) is 0. The van der Waals surface area contributed by atoms with Crippen molar-refractivity contribution in [1.29, 1.82) is 0 Å². The normalized spacial score (nSPS) is 11.5. The molecule has 0 spiro atoms. The van der Waals surface area contributed by atoms with Gasteiger partial charge in [-0.15, -0.1) is 0 Å². The van der Waals surface area contributed by atoms with E-state index in [1.54, 1.807) is 0 Å². The van der Waals surface area contributed by atoms with Gasteiger partial charge in [0.15, 0.2) is 0 Å². The molecule has 2 nitrogen and oxygen atoms in total. The summed E-state index contributed by atoms with van der Waals surface area (Å²) in [7, 11) is 0. The number of benzene rings is 1. The molecule has 0 amide bonds. The van der Waals surface area contributed by atoms with Gasteiger partial charge in [-0.1, -0.05) is 17.7 Å². The third-order valence-electron chi connectivity index (χ3n) is 2.39. The van der Waals surface area contributed by atoms with Crippen LogP contribution in [0.25, 0.3) is 0 Å². The summed E-state index contributed by atoms with van der Waals surface area (Å²) >= 11 is 0. The van der Waals surface area contributed by atoms with Gasteiger partial charge in [-0.3, -0.25) is 0 Å². The molecule has 1 rings (SSSR count). The van der Waals surface area contributed by atoms with E-state index in [2.05, 4.69) is 45.1 Å². The van der Waals surface area contributed by atoms with Crippen LogP contribution in [0.5, 0.6) is 5.75 Å². The van der Waals surface area contributed by atoms with Crippen molar-refractivity contribution in [3.63, 3.8) is 0 Å². The second kappa shape index (κ2) is 5.90. The van der Waals surface area contributed by atoms with Crippen LogP contribution in [0.4, 0.5) is 0 Å². The minimum atomic E-state index is 0.323. The smallest absolute Gasteiger partial charge is 0.119 e. The average Bonchev–Trinajstić information content (AvgIpc) is 2.19. The molecule has 90 valence electrons. The molecule has 2 N–H and O–H groups in total. The van der Waals surface area contributed by atoms with Crippen LogP contribution in [-0.2, 0) is 0 Å². The lowest BCUT2D eigenvalue weighted by atomic mass is 10.1. The minimum Gasteiger partial charge on any atom is -0.493 e. The number of quaternary nitrogens is 1. The van der Waals surface area contributed by atoms with E-state index in [9.17, 15) is 0 Å². The highest BCUT2D eigenvalue weighted by molar-refractivity contribution is 5.26. The van der Waals surface area contributed by atoms with Crippen LogP contribution in [0.1, 0.15) is 32.8 Å². The van der Waals surface area contributed by atoms with E-state index < -0.39 is 0 Å². The molecule has 0 unspecified atom stereocenters. The van der Waals surface area contributed by atoms with Gasteiger partial charge >= 0.3 is 0 Å². The largest absolute Gasteiger partial charge is 0.493 e. The number of rotatable bonds is 5. The Morgan fingerprint density at radius 2 is 1.75 bits per heavy atom. The maximum atomic E-state index is 5.66. The van der Waals surface area contributed by atoms with Crippen LogP contribution in [0.2, 0.25) is 0 Å². The lowest BCUT2D eigenvalue weighted by Crippen LogP contribution is -2.94. The zero-order valence-corrected chi connectivity index (χ0v) is 10.9. The fourth-order valence-corrected chi connectivity index (χ4v) is 1.44. The predicted octanol–water partition coefficient (Wildman–Crippen LogP) is 2.13. The van der Waals surface area contributed by atoms with Crippen molar-refractivity contribution in [3.05, 3.63) is 29.8 Å². The Labute approximate surface area is 99.0 Å². The molecule has 0 aromatic heterocycles. The Kier molecular flexibility index (Phi) is 4.81. The van der Waals surface area contributed by atoms with Crippen molar-refractivity contribution >= 4 is 0 Å². The molecule has 0 bridgehead atoms. The molecule has 1 aromatic rings. The van der Waals surface area contributed by atoms with Crippen molar-refractivity contribution in [2.45, 2.75) is 39.7 Å². The zero-order valence-electron chi connectivity index (χ0n) is 10.9. The van der Waals surface area contributed by atoms with Gasteiger partial charge in [-0.05, 0) is 39.8 Å². The Morgan fingerprint density at radius 1 is 1.12 bits per heavy atom. The monoisotopic (exact) mass is 222 g/mol. The number of ether oxygens (including phenoxy) is 1. The van der Waals surface area contributed by atoms with Crippen molar-refractivity contribution < 1.29 is 10.1 Å². The summed E-state index contributed by atoms with van der Waals surface area (Å²) in [6.45, 7) is 10.7. The summed E-state index contributed by atoms with van der Waals surface area (Å²) in [6.07, 6.45) is 1.09. The lowest BCUT2D eigenvalue weighted by molar-refractivity contribution is -0.717. The molecule has 1 aromatic carbocycles. The van der Waals surface area contributed by atoms with Gasteiger partial charge in [0.2, 0.25) is 0 Å². The molecule has 0 saturated carbocycles. The van der Waals surface area contributed by atoms with Crippen molar-refractivity contribution in [3.8, 4) is 5.75 Å². The van der Waals surface area contributed by atoms with Crippen LogP contribution in [0.3, 0.4) is 0 Å². The van der Waals surface area contributed by atoms with Crippen LogP contribution in [0.15, 0.2) is 24.3 Å². The van der Waals surface area contributed by atoms with E-state index in [1.807, 2.05) is 12.1 Å². The SMILES string of the molecule is Cc1ccc(OCCC[NH2+]C(C)(C)C)cc1. The zero-order chi connectivity index (χ0) is 12.0. The highest BCUT2D eigenvalue weighted by atomic mass is 16.5. The van der Waals surface area contributed by atoms with Gasteiger partial charge in [-0.2, -0.15) is 0 Å². The molecule has 0 atom stereocenters. The second-order valence-corrected chi connectivity index (χ2v) is 5.37. The molecule has 2 heteroatoms. The molecule has 0 aliphatic carbocycles. The average molecular weight is 222 g/mol. The first-order chi connectivity index (χ1) is 7.47. The molecular weight excluding hydrogens is 198 g/mol. The van der Waals surface area contributed by atoms with E-state index in [4.69, 9.17) is 4.74 Å². The number of nitrogens with two attached hydrogens (primary N) is 1. The maximum absolute atomic E-state index is 5.66. The molecule has 0 aliphatic heterocycles. The van der Waals surface area contributed by atoms with Gasteiger partial charge in [-0.25, -0.2) is 0 Å². The third kappa shape index (κ3) is 5.76. The van der Waals surface area contributed by atoms with E-state index in [0.29, 0.717) is 5.54 Å². The van der Waals surface area contributed by atoms with Crippen molar-refractivity contribution in [2.24, 2.45) is 0 Å². The highest BCUT2D eigenvalue weighted by Gasteiger charge is 2.11. The van der Waals surface area contributed by atoms with Gasteiger partial charge in [0.1, 0.15) is 5.75 Å². The minimum absolute atomic E-state index is 0.323. The first kappa shape index (κ1) is 13.0. The Morgan fingerprint density at radius 3 is 2.31 bits per heavy atom. The summed E-state index contributed by atoms with van der Waals surface area (Å²) in [5.41, 5.74) is 1.59. The van der Waals surface area contributed by atoms with Gasteiger partial charge in [0.25, 0.3) is 0 Å². The molecule has 0 radical (unpaired) electrons. The Balaban J connectivity index is 2.14. The molecule has 0 heterocycles. The summed E-state index contributed by atoms with van der Waals surface area (Å²) < 4.78 is 5.66. The van der Waals surface area contributed by atoms with Crippen LogP contribution in [0, 0.1) is 6.92 Å². The fourth-order valence-electron chi connectivity index (χ4n) is 1.44. The highest BCUT2D eigenvalue weighted by Crippen LogP contribution is 2.11. The molecular formula is C14H24NO+. The van der Waals surface area contributed by atoms with E-state index in [-0.39, 0.29) is 0 Å². The first-order valence-electron chi connectivity index (χ1n) is 6.01. The van der Waals surface area contributed by atoms with Crippen LogP contribution >= 0.6 is 0 Å². The van der Waals surface area contributed by atoms with Gasteiger partial charge < -0.3 is 10.1 Å². The first-order valence-corrected chi connectivity index (χ1v) is 6.01. The fraction of sp³-hybridized carbons (Fsp3) is 0.571. The third-order valence-corrected chi connectivity index (χ3v) is 2.39. The Bertz CT molecular complexity index is 298. The van der Waals surface area contributed by atoms with Crippen LogP contribution in [-0.4, -0.2) is 18.7 Å². The standard InChI is InChI=1S/C14H23NO/c1-12-6-8-13(9-7-12)16-11-5-10-15-14(2,3)4/h6-9,15H,5,10-11H2,1-4H3/p+1. The topological polar surface area (TPSA) is 25.8 Å². The summed E-state index contributed by atoms with van der Waals surface area (Å²) in [6, 6.07) is 8.22. The quantitative estimate of drug-likeness (QED) is 0.759. The number of aryl methyl sites for hydroxylation is 1. The van der Waals surface area contributed by atoms with Gasteiger partial charge in [0.05, 0.1) is 18.7 Å². The molecule has 0 fully saturated rings. The van der Waals surface area contributed by atoms with Crippen LogP contribution < -0.4 is 10.1 Å². The molecule has 0 saturated heterocycles. The van der Waals surface area contributed by atoms with E-state index in [1.165, 1.54) is 5.56 Å². The van der Waals surface area contributed by atoms with Gasteiger partial charge in [0, 0.05) is 6.42 Å². The van der Waals surface area contributed by atoms with E-state index >= 15 is 0 Å². The Hall–Kier alpha value is -1.02. The number of hydrogen-bond donors (Lipinski definition) is 1. The summed E-state index contributed by atoms with van der Waals surface area (Å²) in [5, 5.41) is 2.35. The summed E-state index contributed by atoms with van der Waals surface area (Å²) in [5.74, 6) is 0.973. The molecule has 16 heavy (non-hydrogen) atoms. The predicted molar refractivity (Wildman–Crippen MR) is 67.8 cm³/mol. The van der Waals surface area contributed by atoms with E-state index in [0.717, 1.165) is 25.3 Å². The van der Waals surface area contributed by atoms with Crippen molar-refractivity contribution in [1.82, 2.24) is 0 Å². The maximum Gasteiger partial charge on any atom is 0.119 e. The van der Waals surface area contributed by atoms with Crippen molar-refractivity contribution in [2.75, 3.05) is 13.2 Å².